The van der Waals surface area contributed by atoms with Gasteiger partial charge in [-0.15, -0.1) is 0 Å². The second-order valence-electron chi connectivity index (χ2n) is 8.42. The van der Waals surface area contributed by atoms with E-state index in [1.165, 1.54) is 10.5 Å². The maximum Gasteiger partial charge on any atom is 0.327 e. The molecule has 1 aliphatic carbocycles. The van der Waals surface area contributed by atoms with Crippen LogP contribution in [0.4, 0.5) is 4.79 Å². The Morgan fingerprint density at radius 1 is 1.12 bits per heavy atom. The maximum absolute atomic E-state index is 12.9. The van der Waals surface area contributed by atoms with Crippen molar-refractivity contribution in [2.75, 3.05) is 32.8 Å². The van der Waals surface area contributed by atoms with Crippen LogP contribution in [0.2, 0.25) is 0 Å². The zero-order valence-corrected chi connectivity index (χ0v) is 15.5. The van der Waals surface area contributed by atoms with E-state index in [1.807, 2.05) is 6.07 Å². The van der Waals surface area contributed by atoms with Crippen LogP contribution in [0.1, 0.15) is 44.1 Å². The zero-order valence-electron chi connectivity index (χ0n) is 15.5. The van der Waals surface area contributed by atoms with Crippen LogP contribution in [0, 0.1) is 11.3 Å². The average molecular weight is 356 g/mol. The maximum atomic E-state index is 12.9. The largest absolute Gasteiger partial charge is 0.381 e. The second-order valence-corrected chi connectivity index (χ2v) is 8.42. The first-order chi connectivity index (χ1) is 12.6. The van der Waals surface area contributed by atoms with Gasteiger partial charge >= 0.3 is 6.03 Å². The van der Waals surface area contributed by atoms with Gasteiger partial charge in [0.1, 0.15) is 6.54 Å². The van der Waals surface area contributed by atoms with Crippen LogP contribution in [-0.4, -0.2) is 54.6 Å². The summed E-state index contributed by atoms with van der Waals surface area (Å²) in [6, 6.07) is 10.4. The van der Waals surface area contributed by atoms with Gasteiger partial charge in [-0.1, -0.05) is 37.3 Å². The molecule has 1 aromatic rings. The lowest BCUT2D eigenvalue weighted by Crippen LogP contribution is -2.44. The monoisotopic (exact) mass is 356 g/mol. The molecule has 1 saturated carbocycles. The van der Waals surface area contributed by atoms with Crippen molar-refractivity contribution < 1.29 is 14.3 Å². The standard InChI is InChI=1S/C21H28N2O3/c1-21(9-11-26-12-10-21)15-22-14-19(24)23(20(22)25)13-17-7-8-18(17)16-5-3-2-4-6-16/h2-6,17-18H,7-15H2,1H3. The number of hydrogen-bond donors (Lipinski definition) is 0. The van der Waals surface area contributed by atoms with Crippen LogP contribution >= 0.6 is 0 Å². The van der Waals surface area contributed by atoms with Crippen molar-refractivity contribution in [3.8, 4) is 0 Å². The highest BCUT2D eigenvalue weighted by atomic mass is 16.5. The highest BCUT2D eigenvalue weighted by Crippen LogP contribution is 2.43. The molecule has 26 heavy (non-hydrogen) atoms. The molecule has 1 aromatic carbocycles. The summed E-state index contributed by atoms with van der Waals surface area (Å²) in [7, 11) is 0. The molecule has 5 nitrogen and oxygen atoms in total. The van der Waals surface area contributed by atoms with Crippen molar-refractivity contribution >= 4 is 11.9 Å². The molecular weight excluding hydrogens is 328 g/mol. The average Bonchev–Trinajstić information content (AvgIpc) is 2.86. The van der Waals surface area contributed by atoms with Crippen molar-refractivity contribution in [3.63, 3.8) is 0 Å². The van der Waals surface area contributed by atoms with E-state index in [4.69, 9.17) is 4.74 Å². The van der Waals surface area contributed by atoms with Gasteiger partial charge in [0.2, 0.25) is 5.91 Å². The smallest absolute Gasteiger partial charge is 0.327 e. The van der Waals surface area contributed by atoms with Crippen molar-refractivity contribution in [2.45, 2.75) is 38.5 Å². The molecule has 0 N–H and O–H groups in total. The van der Waals surface area contributed by atoms with E-state index >= 15 is 0 Å². The Morgan fingerprint density at radius 3 is 2.50 bits per heavy atom. The molecule has 2 atom stereocenters. The molecule has 2 heterocycles. The summed E-state index contributed by atoms with van der Waals surface area (Å²) in [6.45, 7) is 5.15. The van der Waals surface area contributed by atoms with Crippen LogP contribution in [-0.2, 0) is 9.53 Å². The number of ether oxygens (including phenoxy) is 1. The molecule has 3 amide bonds. The lowest BCUT2D eigenvalue weighted by Gasteiger charge is -2.39. The van der Waals surface area contributed by atoms with Crippen LogP contribution in [0.5, 0.6) is 0 Å². The first-order valence-corrected chi connectivity index (χ1v) is 9.78. The van der Waals surface area contributed by atoms with Gasteiger partial charge < -0.3 is 9.64 Å². The second kappa shape index (κ2) is 7.03. The molecule has 3 fully saturated rings. The van der Waals surface area contributed by atoms with Gasteiger partial charge in [0.25, 0.3) is 0 Å². The number of carbonyl (C=O) groups excluding carboxylic acids is 2. The lowest BCUT2D eigenvalue weighted by molar-refractivity contribution is -0.126. The number of urea groups is 1. The molecule has 2 aliphatic heterocycles. The fourth-order valence-electron chi connectivity index (χ4n) is 4.54. The van der Waals surface area contributed by atoms with E-state index < -0.39 is 0 Å². The van der Waals surface area contributed by atoms with Gasteiger partial charge in [-0.25, -0.2) is 4.79 Å². The third kappa shape index (κ3) is 3.37. The van der Waals surface area contributed by atoms with Crippen LogP contribution in [0.25, 0.3) is 0 Å². The number of hydrogen-bond acceptors (Lipinski definition) is 3. The molecule has 0 radical (unpaired) electrons. The minimum Gasteiger partial charge on any atom is -0.381 e. The van der Waals surface area contributed by atoms with Gasteiger partial charge in [-0.05, 0) is 48.5 Å². The first kappa shape index (κ1) is 17.5. The quantitative estimate of drug-likeness (QED) is 0.761. The lowest BCUT2D eigenvalue weighted by atomic mass is 9.70. The minimum atomic E-state index is -0.0959. The summed E-state index contributed by atoms with van der Waals surface area (Å²) in [5.74, 6) is 0.826. The Kier molecular flexibility index (Phi) is 4.74. The predicted octanol–water partition coefficient (Wildman–Crippen LogP) is 3.26. The normalized spacial score (nSPS) is 28.3. The summed E-state index contributed by atoms with van der Waals surface area (Å²) in [4.78, 5) is 28.6. The molecule has 3 aliphatic rings. The Hall–Kier alpha value is -1.88. The summed E-state index contributed by atoms with van der Waals surface area (Å²) >= 11 is 0. The highest BCUT2D eigenvalue weighted by Gasteiger charge is 2.43. The fraction of sp³-hybridized carbons (Fsp3) is 0.619. The molecular formula is C21H28N2O3. The fourth-order valence-corrected chi connectivity index (χ4v) is 4.54. The summed E-state index contributed by atoms with van der Waals surface area (Å²) in [5.41, 5.74) is 1.39. The van der Waals surface area contributed by atoms with Crippen LogP contribution < -0.4 is 0 Å². The summed E-state index contributed by atoms with van der Waals surface area (Å²) in [6.07, 6.45) is 4.13. The van der Waals surface area contributed by atoms with Crippen LogP contribution in [0.15, 0.2) is 30.3 Å². The molecule has 5 heteroatoms. The molecule has 0 spiro atoms. The highest BCUT2D eigenvalue weighted by molar-refractivity contribution is 6.02. The van der Waals surface area contributed by atoms with Crippen molar-refractivity contribution in [1.82, 2.24) is 9.80 Å². The van der Waals surface area contributed by atoms with E-state index in [0.717, 1.165) is 38.9 Å². The summed E-state index contributed by atoms with van der Waals surface area (Å²) < 4.78 is 5.45. The van der Waals surface area contributed by atoms with Crippen molar-refractivity contribution in [2.24, 2.45) is 11.3 Å². The molecule has 2 unspecified atom stereocenters. The van der Waals surface area contributed by atoms with Crippen molar-refractivity contribution in [3.05, 3.63) is 35.9 Å². The van der Waals surface area contributed by atoms with E-state index in [0.29, 0.717) is 24.9 Å². The molecule has 140 valence electrons. The molecule has 4 rings (SSSR count). The van der Waals surface area contributed by atoms with E-state index in [9.17, 15) is 9.59 Å². The van der Waals surface area contributed by atoms with E-state index in [1.54, 1.807) is 4.90 Å². The van der Waals surface area contributed by atoms with Crippen molar-refractivity contribution in [1.29, 1.82) is 0 Å². The number of benzene rings is 1. The molecule has 0 aromatic heterocycles. The van der Waals surface area contributed by atoms with Gasteiger partial charge in [0.15, 0.2) is 0 Å². The molecule has 0 bridgehead atoms. The minimum absolute atomic E-state index is 0.0376. The third-order valence-electron chi connectivity index (χ3n) is 6.46. The first-order valence-electron chi connectivity index (χ1n) is 9.78. The van der Waals surface area contributed by atoms with Gasteiger partial charge in [0.05, 0.1) is 0 Å². The number of amides is 3. The van der Waals surface area contributed by atoms with Gasteiger partial charge in [0, 0.05) is 26.3 Å². The third-order valence-corrected chi connectivity index (χ3v) is 6.46. The van der Waals surface area contributed by atoms with Gasteiger partial charge in [-0.3, -0.25) is 9.69 Å². The number of carbonyl (C=O) groups is 2. The van der Waals surface area contributed by atoms with E-state index in [2.05, 4.69) is 31.2 Å². The zero-order chi connectivity index (χ0) is 18.1. The van der Waals surface area contributed by atoms with E-state index in [-0.39, 0.29) is 23.9 Å². The SMILES string of the molecule is CC1(CN2CC(=O)N(CC3CCC3c3ccccc3)C2=O)CCOCC1. The number of nitrogens with zero attached hydrogens (tertiary/aromatic N) is 2. The Balaban J connectivity index is 1.38. The van der Waals surface area contributed by atoms with Crippen LogP contribution in [0.3, 0.4) is 0 Å². The predicted molar refractivity (Wildman–Crippen MR) is 98.7 cm³/mol. The molecule has 2 saturated heterocycles. The summed E-state index contributed by atoms with van der Waals surface area (Å²) in [5, 5.41) is 0. The van der Waals surface area contributed by atoms with Gasteiger partial charge in [-0.2, -0.15) is 0 Å². The number of imide groups is 1. The Labute approximate surface area is 155 Å². The Morgan fingerprint density at radius 2 is 1.85 bits per heavy atom. The topological polar surface area (TPSA) is 49.9 Å². The Bertz CT molecular complexity index is 669. The number of rotatable bonds is 5.